The van der Waals surface area contributed by atoms with Gasteiger partial charge in [0, 0.05) is 18.5 Å². The van der Waals surface area contributed by atoms with Gasteiger partial charge in [-0.1, -0.05) is 13.8 Å². The van der Waals surface area contributed by atoms with Crippen molar-refractivity contribution >= 4 is 17.4 Å². The van der Waals surface area contributed by atoms with Gasteiger partial charge in [0.05, 0.1) is 11.3 Å². The van der Waals surface area contributed by atoms with E-state index in [-0.39, 0.29) is 5.91 Å². The minimum atomic E-state index is -0.0154. The van der Waals surface area contributed by atoms with Gasteiger partial charge in [-0.05, 0) is 31.5 Å². The molecule has 0 bridgehead atoms. The first-order valence-corrected chi connectivity index (χ1v) is 6.44. The van der Waals surface area contributed by atoms with Gasteiger partial charge in [0.15, 0.2) is 0 Å². The highest BCUT2D eigenvalue weighted by atomic mass is 32.1. The predicted molar refractivity (Wildman–Crippen MR) is 67.0 cm³/mol. The first-order chi connectivity index (χ1) is 7.69. The standard InChI is InChI=1S/C11H19N3OS/c1-4-14(5-2)7-6-12-11(15)10-8-16-13-9(10)3/h8H,4-7H2,1-3H3,(H,12,15). The summed E-state index contributed by atoms with van der Waals surface area (Å²) in [5.41, 5.74) is 1.51. The largest absolute Gasteiger partial charge is 0.351 e. The summed E-state index contributed by atoms with van der Waals surface area (Å²) >= 11 is 1.32. The summed E-state index contributed by atoms with van der Waals surface area (Å²) in [6, 6.07) is 0. The molecule has 90 valence electrons. The van der Waals surface area contributed by atoms with E-state index >= 15 is 0 Å². The van der Waals surface area contributed by atoms with Crippen LogP contribution in [0.25, 0.3) is 0 Å². The molecule has 0 saturated heterocycles. The minimum absolute atomic E-state index is 0.0154. The van der Waals surface area contributed by atoms with E-state index in [1.165, 1.54) is 11.5 Å². The zero-order valence-electron chi connectivity index (χ0n) is 10.1. The van der Waals surface area contributed by atoms with Crippen molar-refractivity contribution in [1.82, 2.24) is 14.6 Å². The van der Waals surface area contributed by atoms with Crippen LogP contribution in [-0.2, 0) is 0 Å². The van der Waals surface area contributed by atoms with E-state index in [2.05, 4.69) is 28.4 Å². The highest BCUT2D eigenvalue weighted by molar-refractivity contribution is 7.03. The number of hydrogen-bond acceptors (Lipinski definition) is 4. The maximum atomic E-state index is 11.7. The van der Waals surface area contributed by atoms with Crippen molar-refractivity contribution in [3.63, 3.8) is 0 Å². The number of hydrogen-bond donors (Lipinski definition) is 1. The second-order valence-corrected chi connectivity index (χ2v) is 4.23. The maximum absolute atomic E-state index is 11.7. The molecule has 0 atom stereocenters. The lowest BCUT2D eigenvalue weighted by Crippen LogP contribution is -2.34. The Morgan fingerprint density at radius 2 is 2.19 bits per heavy atom. The second-order valence-electron chi connectivity index (χ2n) is 3.60. The fourth-order valence-electron chi connectivity index (χ4n) is 1.47. The molecule has 4 nitrogen and oxygen atoms in total. The van der Waals surface area contributed by atoms with Gasteiger partial charge in [0.25, 0.3) is 5.91 Å². The van der Waals surface area contributed by atoms with Crippen molar-refractivity contribution in [2.75, 3.05) is 26.2 Å². The van der Waals surface area contributed by atoms with Crippen LogP contribution in [0.2, 0.25) is 0 Å². The molecule has 1 heterocycles. The molecule has 0 saturated carbocycles. The van der Waals surface area contributed by atoms with Crippen LogP contribution >= 0.6 is 11.5 Å². The number of likely N-dealkylation sites (N-methyl/N-ethyl adjacent to an activating group) is 1. The van der Waals surface area contributed by atoms with E-state index in [4.69, 9.17) is 0 Å². The van der Waals surface area contributed by atoms with E-state index in [1.54, 1.807) is 5.38 Å². The van der Waals surface area contributed by atoms with E-state index in [1.807, 2.05) is 6.92 Å². The predicted octanol–water partition coefficient (Wildman–Crippen LogP) is 1.52. The molecule has 16 heavy (non-hydrogen) atoms. The minimum Gasteiger partial charge on any atom is -0.351 e. The Bertz CT molecular complexity index is 334. The first-order valence-electron chi connectivity index (χ1n) is 5.60. The summed E-state index contributed by atoms with van der Waals surface area (Å²) < 4.78 is 4.08. The van der Waals surface area contributed by atoms with Crippen molar-refractivity contribution in [2.45, 2.75) is 20.8 Å². The molecule has 0 radical (unpaired) electrons. The zero-order valence-corrected chi connectivity index (χ0v) is 10.9. The summed E-state index contributed by atoms with van der Waals surface area (Å²) in [7, 11) is 0. The van der Waals surface area contributed by atoms with Crippen LogP contribution in [0.5, 0.6) is 0 Å². The molecule has 1 N–H and O–H groups in total. The number of aromatic nitrogens is 1. The Morgan fingerprint density at radius 3 is 2.69 bits per heavy atom. The molecular formula is C11H19N3OS. The summed E-state index contributed by atoms with van der Waals surface area (Å²) in [6.07, 6.45) is 0. The molecule has 0 spiro atoms. The third-order valence-corrected chi connectivity index (χ3v) is 3.32. The quantitative estimate of drug-likeness (QED) is 0.821. The molecule has 1 aromatic rings. The average molecular weight is 241 g/mol. The summed E-state index contributed by atoms with van der Waals surface area (Å²) in [6.45, 7) is 9.73. The van der Waals surface area contributed by atoms with Crippen molar-refractivity contribution in [2.24, 2.45) is 0 Å². The molecule has 0 fully saturated rings. The normalized spacial score (nSPS) is 10.8. The van der Waals surface area contributed by atoms with Crippen LogP contribution < -0.4 is 5.32 Å². The number of nitrogens with one attached hydrogen (secondary N) is 1. The lowest BCUT2D eigenvalue weighted by atomic mass is 10.2. The fraction of sp³-hybridized carbons (Fsp3) is 0.636. The molecule has 0 aliphatic rings. The highest BCUT2D eigenvalue weighted by Crippen LogP contribution is 2.08. The van der Waals surface area contributed by atoms with Gasteiger partial charge in [-0.25, -0.2) is 0 Å². The van der Waals surface area contributed by atoms with E-state index in [0.717, 1.165) is 25.3 Å². The lowest BCUT2D eigenvalue weighted by molar-refractivity contribution is 0.0948. The first kappa shape index (κ1) is 13.1. The fourth-order valence-corrected chi connectivity index (χ4v) is 2.17. The van der Waals surface area contributed by atoms with Crippen LogP contribution in [0.3, 0.4) is 0 Å². The molecule has 0 unspecified atom stereocenters. The Morgan fingerprint density at radius 1 is 1.50 bits per heavy atom. The number of carbonyl (C=O) groups excluding carboxylic acids is 1. The van der Waals surface area contributed by atoms with Crippen LogP contribution in [0.1, 0.15) is 29.9 Å². The Labute approximate surface area is 101 Å². The molecule has 1 rings (SSSR count). The summed E-state index contributed by atoms with van der Waals surface area (Å²) in [5.74, 6) is -0.0154. The average Bonchev–Trinajstić information content (AvgIpc) is 2.70. The summed E-state index contributed by atoms with van der Waals surface area (Å²) in [5, 5.41) is 4.70. The van der Waals surface area contributed by atoms with Gasteiger partial charge in [0.1, 0.15) is 0 Å². The molecule has 0 aliphatic heterocycles. The maximum Gasteiger partial charge on any atom is 0.254 e. The Kier molecular flexibility index (Phi) is 5.42. The second kappa shape index (κ2) is 6.60. The third kappa shape index (κ3) is 3.57. The van der Waals surface area contributed by atoms with Crippen LogP contribution in [0.15, 0.2) is 5.38 Å². The highest BCUT2D eigenvalue weighted by Gasteiger charge is 2.10. The van der Waals surface area contributed by atoms with Crippen molar-refractivity contribution < 1.29 is 4.79 Å². The monoisotopic (exact) mass is 241 g/mol. The molecule has 0 aromatic carbocycles. The number of rotatable bonds is 6. The SMILES string of the molecule is CCN(CC)CCNC(=O)c1csnc1C. The number of nitrogens with zero attached hydrogens (tertiary/aromatic N) is 2. The molecule has 5 heteroatoms. The number of aryl methyl sites for hydroxylation is 1. The van der Waals surface area contributed by atoms with Crippen LogP contribution in [0.4, 0.5) is 0 Å². The van der Waals surface area contributed by atoms with Gasteiger partial charge < -0.3 is 10.2 Å². The van der Waals surface area contributed by atoms with E-state index < -0.39 is 0 Å². The van der Waals surface area contributed by atoms with Crippen molar-refractivity contribution in [3.8, 4) is 0 Å². The Balaban J connectivity index is 2.34. The third-order valence-electron chi connectivity index (χ3n) is 2.60. The topological polar surface area (TPSA) is 45.2 Å². The van der Waals surface area contributed by atoms with Gasteiger partial charge >= 0.3 is 0 Å². The van der Waals surface area contributed by atoms with Gasteiger partial charge in [-0.3, -0.25) is 4.79 Å². The van der Waals surface area contributed by atoms with Crippen molar-refractivity contribution in [1.29, 1.82) is 0 Å². The van der Waals surface area contributed by atoms with Gasteiger partial charge in [-0.15, -0.1) is 0 Å². The molecular weight excluding hydrogens is 222 g/mol. The van der Waals surface area contributed by atoms with Gasteiger partial charge in [-0.2, -0.15) is 4.37 Å². The number of amides is 1. The Hall–Kier alpha value is -0.940. The molecule has 1 amide bonds. The molecule has 1 aromatic heterocycles. The number of carbonyl (C=O) groups is 1. The van der Waals surface area contributed by atoms with Crippen LogP contribution in [-0.4, -0.2) is 41.4 Å². The summed E-state index contributed by atoms with van der Waals surface area (Å²) in [4.78, 5) is 14.0. The molecule has 0 aliphatic carbocycles. The smallest absolute Gasteiger partial charge is 0.254 e. The lowest BCUT2D eigenvalue weighted by Gasteiger charge is -2.17. The van der Waals surface area contributed by atoms with E-state index in [0.29, 0.717) is 12.1 Å². The van der Waals surface area contributed by atoms with Crippen molar-refractivity contribution in [3.05, 3.63) is 16.6 Å². The van der Waals surface area contributed by atoms with E-state index in [9.17, 15) is 4.79 Å². The van der Waals surface area contributed by atoms with Gasteiger partial charge in [0.2, 0.25) is 0 Å². The van der Waals surface area contributed by atoms with Crippen LogP contribution in [0, 0.1) is 6.92 Å². The zero-order chi connectivity index (χ0) is 12.0.